The molecule has 0 bridgehead atoms. The lowest BCUT2D eigenvalue weighted by Gasteiger charge is -2.13. The van der Waals surface area contributed by atoms with Gasteiger partial charge in [-0.15, -0.1) is 0 Å². The highest BCUT2D eigenvalue weighted by atomic mass is 127. The van der Waals surface area contributed by atoms with Gasteiger partial charge in [0.2, 0.25) is 5.91 Å². The highest BCUT2D eigenvalue weighted by Gasteiger charge is 2.37. The third-order valence-corrected chi connectivity index (χ3v) is 6.30. The number of anilines is 1. The van der Waals surface area contributed by atoms with Crippen LogP contribution in [0.5, 0.6) is 0 Å². The maximum atomic E-state index is 12.8. The fourth-order valence-corrected chi connectivity index (χ4v) is 4.26. The Morgan fingerprint density at radius 2 is 1.82 bits per heavy atom. The summed E-state index contributed by atoms with van der Waals surface area (Å²) in [5, 5.41) is 1.61. The molecule has 2 aromatic carbocycles. The number of imide groups is 1. The average molecular weight is 598 g/mol. The van der Waals surface area contributed by atoms with Crippen LogP contribution in [0.4, 0.5) is 23.7 Å². The number of alkyl halides is 3. The van der Waals surface area contributed by atoms with Crippen molar-refractivity contribution in [3.63, 3.8) is 0 Å². The van der Waals surface area contributed by atoms with Crippen molar-refractivity contribution in [1.29, 1.82) is 0 Å². The zero-order chi connectivity index (χ0) is 24.5. The Labute approximate surface area is 209 Å². The van der Waals surface area contributed by atoms with Gasteiger partial charge in [-0.3, -0.25) is 19.3 Å². The molecule has 1 aliphatic heterocycles. The molecule has 2 heterocycles. The number of nitrogens with zero attached hydrogens (tertiary/aromatic N) is 1. The van der Waals surface area contributed by atoms with Crippen LogP contribution in [-0.4, -0.2) is 28.5 Å². The second-order valence-electron chi connectivity index (χ2n) is 7.10. The maximum absolute atomic E-state index is 12.8. The molecular formula is C23H14F3IN2O4S. The summed E-state index contributed by atoms with van der Waals surface area (Å²) in [5.74, 6) is -0.557. The molecule has 174 valence electrons. The number of hydrogen-bond acceptors (Lipinski definition) is 5. The van der Waals surface area contributed by atoms with Crippen LogP contribution in [0.3, 0.4) is 0 Å². The van der Waals surface area contributed by atoms with E-state index in [1.807, 2.05) is 24.3 Å². The number of hydrogen-bond donors (Lipinski definition) is 1. The van der Waals surface area contributed by atoms with E-state index in [1.165, 1.54) is 12.1 Å². The molecule has 0 atom stereocenters. The predicted octanol–water partition coefficient (Wildman–Crippen LogP) is 6.25. The molecule has 34 heavy (non-hydrogen) atoms. The van der Waals surface area contributed by atoms with E-state index in [1.54, 1.807) is 12.1 Å². The van der Waals surface area contributed by atoms with Crippen molar-refractivity contribution in [2.45, 2.75) is 6.18 Å². The molecule has 1 N–H and O–H groups in total. The fraction of sp³-hybridized carbons (Fsp3) is 0.0870. The zero-order valence-electron chi connectivity index (χ0n) is 17.1. The van der Waals surface area contributed by atoms with Crippen LogP contribution >= 0.6 is 34.4 Å². The molecule has 1 aliphatic rings. The van der Waals surface area contributed by atoms with E-state index in [2.05, 4.69) is 27.9 Å². The molecule has 0 saturated carbocycles. The van der Waals surface area contributed by atoms with Gasteiger partial charge in [-0.25, -0.2) is 0 Å². The Balaban J connectivity index is 1.43. The molecule has 1 saturated heterocycles. The summed E-state index contributed by atoms with van der Waals surface area (Å²) in [4.78, 5) is 38.0. The van der Waals surface area contributed by atoms with Gasteiger partial charge < -0.3 is 9.73 Å². The number of rotatable bonds is 5. The summed E-state index contributed by atoms with van der Waals surface area (Å²) in [7, 11) is 0. The lowest BCUT2D eigenvalue weighted by Crippen LogP contribution is -2.36. The van der Waals surface area contributed by atoms with Crippen LogP contribution in [0.25, 0.3) is 17.4 Å². The van der Waals surface area contributed by atoms with Crippen molar-refractivity contribution in [2.24, 2.45) is 0 Å². The number of amides is 3. The normalized spacial score (nSPS) is 15.3. The van der Waals surface area contributed by atoms with Gasteiger partial charge in [0, 0.05) is 20.9 Å². The van der Waals surface area contributed by atoms with Gasteiger partial charge in [-0.05, 0) is 76.8 Å². The second-order valence-corrected chi connectivity index (χ2v) is 9.34. The monoisotopic (exact) mass is 598 g/mol. The fourth-order valence-electron chi connectivity index (χ4n) is 3.08. The molecule has 0 aliphatic carbocycles. The van der Waals surface area contributed by atoms with E-state index < -0.39 is 35.3 Å². The van der Waals surface area contributed by atoms with Gasteiger partial charge in [0.05, 0.1) is 10.5 Å². The number of nitrogens with one attached hydrogen (secondary N) is 1. The summed E-state index contributed by atoms with van der Waals surface area (Å²) in [6, 6.07) is 15.1. The van der Waals surface area contributed by atoms with Crippen molar-refractivity contribution < 1.29 is 32.0 Å². The van der Waals surface area contributed by atoms with Crippen molar-refractivity contribution in [1.82, 2.24) is 4.90 Å². The number of halogens is 4. The van der Waals surface area contributed by atoms with Gasteiger partial charge in [0.25, 0.3) is 11.1 Å². The van der Waals surface area contributed by atoms with Gasteiger partial charge in [-0.1, -0.05) is 18.2 Å². The number of carbonyl (C=O) groups is 3. The summed E-state index contributed by atoms with van der Waals surface area (Å²) in [6.45, 7) is -0.635. The van der Waals surface area contributed by atoms with Crippen molar-refractivity contribution in [3.8, 4) is 11.3 Å². The van der Waals surface area contributed by atoms with E-state index in [4.69, 9.17) is 4.42 Å². The van der Waals surface area contributed by atoms with E-state index in [0.29, 0.717) is 23.3 Å². The molecule has 0 unspecified atom stereocenters. The topological polar surface area (TPSA) is 79.6 Å². The Bertz CT molecular complexity index is 1300. The quantitative estimate of drug-likeness (QED) is 0.278. The summed E-state index contributed by atoms with van der Waals surface area (Å²) in [5.41, 5.74) is -0.178. The maximum Gasteiger partial charge on any atom is 0.416 e. The van der Waals surface area contributed by atoms with Crippen molar-refractivity contribution in [2.75, 3.05) is 11.9 Å². The number of thioether (sulfide) groups is 1. The minimum absolute atomic E-state index is 0.0698. The number of carbonyl (C=O) groups excluding carboxylic acids is 3. The van der Waals surface area contributed by atoms with Gasteiger partial charge >= 0.3 is 6.18 Å². The molecular weight excluding hydrogens is 584 g/mol. The van der Waals surface area contributed by atoms with Gasteiger partial charge in [-0.2, -0.15) is 13.2 Å². The predicted molar refractivity (Wildman–Crippen MR) is 130 cm³/mol. The van der Waals surface area contributed by atoms with Crippen LogP contribution < -0.4 is 5.32 Å². The van der Waals surface area contributed by atoms with E-state index >= 15 is 0 Å². The number of benzene rings is 2. The van der Waals surface area contributed by atoms with Crippen molar-refractivity contribution >= 4 is 63.2 Å². The zero-order valence-corrected chi connectivity index (χ0v) is 20.0. The molecule has 0 radical (unpaired) electrons. The molecule has 4 rings (SSSR count). The molecule has 1 aromatic heterocycles. The minimum Gasteiger partial charge on any atom is -0.457 e. The van der Waals surface area contributed by atoms with Crippen LogP contribution in [0.15, 0.2) is 70.0 Å². The van der Waals surface area contributed by atoms with Crippen LogP contribution in [-0.2, 0) is 15.8 Å². The summed E-state index contributed by atoms with van der Waals surface area (Å²) in [6.07, 6.45) is -3.16. The lowest BCUT2D eigenvalue weighted by atomic mass is 10.2. The van der Waals surface area contributed by atoms with Gasteiger partial charge in [0.1, 0.15) is 18.1 Å². The van der Waals surface area contributed by atoms with E-state index in [-0.39, 0.29) is 10.6 Å². The summed E-state index contributed by atoms with van der Waals surface area (Å²) >= 11 is 2.83. The molecule has 0 spiro atoms. The molecule has 6 nitrogen and oxygen atoms in total. The minimum atomic E-state index is -4.57. The number of furan rings is 1. The second kappa shape index (κ2) is 9.66. The average Bonchev–Trinajstić information content (AvgIpc) is 3.34. The third-order valence-electron chi connectivity index (χ3n) is 4.68. The first-order valence-electron chi connectivity index (χ1n) is 9.68. The molecule has 3 amide bonds. The molecule has 3 aromatic rings. The largest absolute Gasteiger partial charge is 0.457 e. The summed E-state index contributed by atoms with van der Waals surface area (Å²) < 4.78 is 45.3. The third kappa shape index (κ3) is 5.53. The Morgan fingerprint density at radius 1 is 1.09 bits per heavy atom. The van der Waals surface area contributed by atoms with E-state index in [0.717, 1.165) is 32.2 Å². The van der Waals surface area contributed by atoms with Crippen LogP contribution in [0.2, 0.25) is 0 Å². The molecule has 1 fully saturated rings. The van der Waals surface area contributed by atoms with Gasteiger partial charge in [0.15, 0.2) is 0 Å². The van der Waals surface area contributed by atoms with E-state index in [9.17, 15) is 27.6 Å². The smallest absolute Gasteiger partial charge is 0.416 e. The molecule has 11 heteroatoms. The highest BCUT2D eigenvalue weighted by molar-refractivity contribution is 14.1. The standard InChI is InChI=1S/C23H14F3IN2O4S/c24-23(25,26)14-2-1-3-16(10-14)28-20(30)12-29-21(31)19(34-22(29)32)11-17-8-9-18(33-17)13-4-6-15(27)7-5-13/h1-11H,12H2,(H,28,30)/b19-11-. The SMILES string of the molecule is O=C(CN1C(=O)S/C(=C\c2ccc(-c3ccc(I)cc3)o2)C1=O)Nc1cccc(C(F)(F)F)c1. The Kier molecular flexibility index (Phi) is 6.84. The van der Waals surface area contributed by atoms with Crippen LogP contribution in [0.1, 0.15) is 11.3 Å². The first-order chi connectivity index (χ1) is 16.1. The van der Waals surface area contributed by atoms with Crippen LogP contribution in [0, 0.1) is 3.57 Å². The van der Waals surface area contributed by atoms with Crippen molar-refractivity contribution in [3.05, 3.63) is 80.5 Å². The first kappa shape index (κ1) is 24.1. The lowest BCUT2D eigenvalue weighted by molar-refractivity contribution is -0.137. The first-order valence-corrected chi connectivity index (χ1v) is 11.6. The highest BCUT2D eigenvalue weighted by Crippen LogP contribution is 2.34. The Hall–Kier alpha value is -3.06. The Morgan fingerprint density at radius 3 is 2.53 bits per heavy atom.